The zero-order valence-electron chi connectivity index (χ0n) is 63.1. The Morgan fingerprint density at radius 2 is 0.745 bits per heavy atom. The number of nitrogens with two attached hydrogens (primary N) is 1. The number of benzene rings is 3. The van der Waals surface area contributed by atoms with Crippen molar-refractivity contribution in [1.29, 1.82) is 0 Å². The van der Waals surface area contributed by atoms with Gasteiger partial charge in [-0.25, -0.2) is 0 Å². The monoisotopic (exact) mass is 1550 g/mol. The molecule has 0 aromatic heterocycles. The first-order valence-electron chi connectivity index (χ1n) is 36.1. The van der Waals surface area contributed by atoms with Crippen LogP contribution in [0.3, 0.4) is 0 Å². The van der Waals surface area contributed by atoms with Crippen LogP contribution in [0.4, 0.5) is 0 Å². The van der Waals surface area contributed by atoms with E-state index in [1.54, 1.807) is 48.2 Å². The van der Waals surface area contributed by atoms with E-state index in [0.29, 0.717) is 36.7 Å². The van der Waals surface area contributed by atoms with E-state index in [0.717, 1.165) is 24.2 Å². The molecule has 25 atom stereocenters. The van der Waals surface area contributed by atoms with Crippen LogP contribution >= 0.6 is 11.8 Å². The summed E-state index contributed by atoms with van der Waals surface area (Å²) in [6.07, 6.45) is -12.2. The molecular weight excluding hydrogens is 1430 g/mol. The molecule has 12 N–H and O–H groups in total. The Bertz CT molecular complexity index is 2980. The van der Waals surface area contributed by atoms with E-state index in [1.165, 1.54) is 27.7 Å². The zero-order chi connectivity index (χ0) is 78.0. The van der Waals surface area contributed by atoms with Crippen LogP contribution in [0.25, 0.3) is 0 Å². The van der Waals surface area contributed by atoms with Crippen molar-refractivity contribution in [3.05, 3.63) is 102 Å². The number of hydrogen-bond acceptors (Lipinski definition) is 30. The van der Waals surface area contributed by atoms with Gasteiger partial charge in [-0.15, -0.1) is 0 Å². The molecule has 8 rings (SSSR count). The molecule has 5 aliphatic rings. The molecule has 5 fully saturated rings. The molecule has 11 unspecified atom stereocenters. The third kappa shape index (κ3) is 30.8. The first-order chi connectivity index (χ1) is 50.0. The minimum Gasteiger partial charge on any atom is -0.459 e. The van der Waals surface area contributed by atoms with Crippen molar-refractivity contribution in [3.63, 3.8) is 0 Å². The predicted molar refractivity (Wildman–Crippen MR) is 384 cm³/mol. The van der Waals surface area contributed by atoms with Crippen LogP contribution in [-0.4, -0.2) is 258 Å². The van der Waals surface area contributed by atoms with Gasteiger partial charge in [0.15, 0.2) is 42.6 Å². The number of carbonyl (C=O) groups is 6. The molecule has 5 saturated heterocycles. The summed E-state index contributed by atoms with van der Waals surface area (Å²) in [5.41, 5.74) is 6.35. The maximum atomic E-state index is 12.1. The molecular formula is C75H117ArN3O26S. The second-order valence-corrected chi connectivity index (χ2v) is 27.7. The van der Waals surface area contributed by atoms with Crippen LogP contribution in [0.15, 0.2) is 95.9 Å². The third-order valence-electron chi connectivity index (χ3n) is 18.9. The largest absolute Gasteiger partial charge is 0.459 e. The Hall–Kier alpha value is -4.27. The Morgan fingerprint density at radius 3 is 1.12 bits per heavy atom. The van der Waals surface area contributed by atoms with E-state index in [2.05, 4.69) is 71.2 Å². The van der Waals surface area contributed by atoms with Crippen molar-refractivity contribution in [3.8, 4) is 0 Å². The summed E-state index contributed by atoms with van der Waals surface area (Å²) >= 11 is 1.64. The number of nitrogens with one attached hydrogen (secondary N) is 2. The van der Waals surface area contributed by atoms with Gasteiger partial charge in [0.1, 0.15) is 60.4 Å². The van der Waals surface area contributed by atoms with E-state index in [9.17, 15) is 59.4 Å². The topological polar surface area (TPSA) is 425 Å². The zero-order valence-corrected chi connectivity index (χ0v) is 64.6. The second kappa shape index (κ2) is 50.6. The number of ether oxygens (including phenoxy) is 12. The van der Waals surface area contributed by atoms with Gasteiger partial charge in [-0.1, -0.05) is 153 Å². The Balaban J connectivity index is 0.000000348. The van der Waals surface area contributed by atoms with Crippen LogP contribution in [0, 0.1) is 73.2 Å². The maximum absolute atomic E-state index is 12.1. The molecule has 5 aliphatic heterocycles. The number of hydrogen-bond donors (Lipinski definition) is 11. The third-order valence-corrected chi connectivity index (χ3v) is 20.1. The van der Waals surface area contributed by atoms with Gasteiger partial charge in [0.2, 0.25) is 6.29 Å². The normalized spacial score (nSPS) is 32.5. The van der Waals surface area contributed by atoms with Crippen LogP contribution in [0.1, 0.15) is 130 Å². The summed E-state index contributed by atoms with van der Waals surface area (Å²) in [5.74, 6) is -0.00767. The van der Waals surface area contributed by atoms with Gasteiger partial charge in [0.25, 0.3) is 0 Å². The Kier molecular flexibility index (Phi) is 45.8. The van der Waals surface area contributed by atoms with Crippen molar-refractivity contribution in [2.45, 2.75) is 230 Å². The fourth-order valence-corrected chi connectivity index (χ4v) is 13.5. The van der Waals surface area contributed by atoms with E-state index in [-0.39, 0.29) is 154 Å². The van der Waals surface area contributed by atoms with Gasteiger partial charge >= 0.3 is 23.9 Å². The van der Waals surface area contributed by atoms with E-state index in [4.69, 9.17) is 72.8 Å². The maximum Gasteiger partial charge on any atom is 0.305 e. The summed E-state index contributed by atoms with van der Waals surface area (Å²) in [6.45, 7) is 25.4. The van der Waals surface area contributed by atoms with Crippen molar-refractivity contribution in [2.24, 2.45) is 41.2 Å². The van der Waals surface area contributed by atoms with E-state index in [1.807, 2.05) is 56.3 Å². The van der Waals surface area contributed by atoms with Crippen LogP contribution < -0.4 is 16.4 Å². The Labute approximate surface area is 657 Å². The van der Waals surface area contributed by atoms with Crippen molar-refractivity contribution >= 4 is 47.2 Å². The average Bonchev–Trinajstić information content (AvgIpc) is 0.814. The number of aliphatic hydroxyl groups excluding tert-OH is 8. The first kappa shape index (κ1) is 95.9. The second-order valence-electron chi connectivity index (χ2n) is 26.5. The molecule has 29 nitrogen and oxygen atoms in total. The fraction of sp³-hybridized carbons (Fsp3) is 0.680. The summed E-state index contributed by atoms with van der Waals surface area (Å²) in [4.78, 5) is 70.2. The van der Waals surface area contributed by atoms with Gasteiger partial charge in [-0.3, -0.25) is 28.8 Å². The van der Waals surface area contributed by atoms with Gasteiger partial charge in [-0.05, 0) is 49.1 Å². The van der Waals surface area contributed by atoms with Gasteiger partial charge in [0.05, 0.1) is 64.4 Å². The van der Waals surface area contributed by atoms with Crippen molar-refractivity contribution < 1.29 is 164 Å². The van der Waals surface area contributed by atoms with Crippen molar-refractivity contribution in [1.82, 2.24) is 10.6 Å². The number of ketones is 2. The first-order valence-corrected chi connectivity index (χ1v) is 37.0. The molecule has 0 aliphatic carbocycles. The molecule has 0 bridgehead atoms. The molecule has 3 aromatic carbocycles. The summed E-state index contributed by atoms with van der Waals surface area (Å²) in [5, 5.41) is 81.3. The van der Waals surface area contributed by atoms with Gasteiger partial charge in [-0.2, -0.15) is 0 Å². The fourth-order valence-electron chi connectivity index (χ4n) is 12.3. The predicted octanol–water partition coefficient (Wildman–Crippen LogP) is 3.86. The van der Waals surface area contributed by atoms with Crippen LogP contribution in [-0.2, 0) is 76.0 Å². The molecule has 0 saturated carbocycles. The minimum absolute atomic E-state index is 0. The summed E-state index contributed by atoms with van der Waals surface area (Å²) in [6, 6.07) is 28.2. The standard InChI is InChI=1S/C21H31NO5.C17H24O3S.C16H23NO7.C13H22O5.C8H17NO6.Ar/c1-5-19-14(2)15(3)20(26-16(4)23)21(27-19)25-12-11-22-13-18(24)17-9-7-6-8-10-17;1-5-15-11(2)12(3)16(19-13(4)18)17(20-15)21-14-9-7-6-8-10-14;18-9-12-13(20)14(21)15(22)16(24-12)23-7-6-17-8-11(19)10-4-2-1-3-5-10;1-6-11-7(2)8(3)12(16-9(4)14)13(18-11)17-10(5)15;9-1-2-14-8-7(13)6(12)5(11)4(3-10)15-8;/h6-10,14-15,19-22H,5,11-13H2,1-4H3;6-12,15-17H,5H2,1-4H3;1-5,12-18,20-22H,6-9H2;7-8,11-13H,6H2,1-5H3;4-8,10-13H,1-3,9H2;/t14-,15-,19?,20?,21+;11-,12-,15?,16?,17-;12?,13-,14+,15?,16-;7-,8-,11?,12?,13?;4?,5-,6+,7?,8-;/m00101./s1. The summed E-state index contributed by atoms with van der Waals surface area (Å²) < 4.78 is 65.8. The van der Waals surface area contributed by atoms with Crippen LogP contribution in [0.5, 0.6) is 0 Å². The van der Waals surface area contributed by atoms with E-state index >= 15 is 0 Å². The molecule has 106 heavy (non-hydrogen) atoms. The summed E-state index contributed by atoms with van der Waals surface area (Å²) in [7, 11) is 0. The Morgan fingerprint density at radius 1 is 0.415 bits per heavy atom. The molecule has 31 heteroatoms. The van der Waals surface area contributed by atoms with Gasteiger partial charge < -0.3 is 114 Å². The van der Waals surface area contributed by atoms with Crippen LogP contribution in [0.2, 0.25) is 0 Å². The SMILES string of the molecule is CCC1OC(OC(C)=O)C(OC(C)=O)[C@@H](C)[C@@H]1C.CCC1O[C@@H](OCCNCC(=O)c2ccccc2)C(OC(C)=O)[C@@H](C)[C@@H]1C.CCC1O[C@@H](Sc2ccccc2)C(OC(C)=O)[C@@H](C)[C@@H]1C.NCCO[C@@H]1OC(CO)[C@@H](O)[C@H](O)C1O.O=C(CNCCO[C@@H]1OC(CO)[C@@H](O)[C@H](O)C1O)c1ccccc1.[Ar]. The number of rotatable bonds is 28. The van der Waals surface area contributed by atoms with Crippen molar-refractivity contribution in [2.75, 3.05) is 65.8 Å². The molecule has 0 radical (unpaired) electrons. The molecule has 0 spiro atoms. The number of thioether (sulfide) groups is 1. The molecule has 602 valence electrons. The van der Waals surface area contributed by atoms with Gasteiger partial charge in [0, 0.05) is 119 Å². The quantitative estimate of drug-likeness (QED) is 0.0213. The minimum atomic E-state index is -1.46. The molecule has 5 heterocycles. The average molecular weight is 1550 g/mol. The smallest absolute Gasteiger partial charge is 0.305 e. The van der Waals surface area contributed by atoms with E-state index < -0.39 is 111 Å². The molecule has 3 aromatic rings. The number of carbonyl (C=O) groups excluding carboxylic acids is 6. The molecule has 0 amide bonds. The number of aliphatic hydroxyl groups is 8. The number of Topliss-reactive ketones (excluding diaryl/α,β-unsaturated/α-hetero) is 2. The number of esters is 4.